The van der Waals surface area contributed by atoms with Gasteiger partial charge in [0.15, 0.2) is 5.82 Å². The molecule has 0 fully saturated rings. The first kappa shape index (κ1) is 11.3. The Bertz CT molecular complexity index is 543. The fraction of sp³-hybridized carbons (Fsp3) is 0.333. The van der Waals surface area contributed by atoms with E-state index in [0.717, 1.165) is 27.2 Å². The summed E-state index contributed by atoms with van der Waals surface area (Å²) < 4.78 is 2.89. The fourth-order valence-electron chi connectivity index (χ4n) is 1.60. The Morgan fingerprint density at radius 2 is 1.88 bits per heavy atom. The molecule has 0 radical (unpaired) electrons. The molecule has 84 valence electrons. The molecule has 0 atom stereocenters. The first-order valence-corrected chi connectivity index (χ1v) is 5.96. The van der Waals surface area contributed by atoms with Gasteiger partial charge in [0.25, 0.3) is 0 Å². The van der Waals surface area contributed by atoms with Crippen LogP contribution in [0.2, 0.25) is 0 Å². The van der Waals surface area contributed by atoms with Crippen molar-refractivity contribution in [3.63, 3.8) is 0 Å². The van der Waals surface area contributed by atoms with Crippen molar-refractivity contribution in [2.45, 2.75) is 27.7 Å². The Labute approximate surface area is 104 Å². The molecule has 0 saturated heterocycles. The first-order chi connectivity index (χ1) is 7.52. The van der Waals surface area contributed by atoms with Gasteiger partial charge in [0.1, 0.15) is 0 Å². The summed E-state index contributed by atoms with van der Waals surface area (Å²) in [5.41, 5.74) is 4.56. The molecule has 0 saturated carbocycles. The van der Waals surface area contributed by atoms with E-state index in [4.69, 9.17) is 0 Å². The van der Waals surface area contributed by atoms with Gasteiger partial charge in [-0.3, -0.25) is 0 Å². The molecular formula is C12H14BrN3. The summed E-state index contributed by atoms with van der Waals surface area (Å²) in [5, 5.41) is 4.51. The van der Waals surface area contributed by atoms with Crippen molar-refractivity contribution in [1.29, 1.82) is 0 Å². The standard InChI is InChI=1S/C12H14BrN3/c1-7-5-6-14-12(11(7)13)16-10(4)8(2)9(3)15-16/h5-6H,1-4H3. The second-order valence-corrected chi connectivity index (χ2v) is 4.77. The van der Waals surface area contributed by atoms with Crippen molar-refractivity contribution in [2.24, 2.45) is 0 Å². The number of pyridine rings is 1. The zero-order chi connectivity index (χ0) is 11.9. The Hall–Kier alpha value is -1.16. The van der Waals surface area contributed by atoms with E-state index in [9.17, 15) is 0 Å². The van der Waals surface area contributed by atoms with Crippen molar-refractivity contribution < 1.29 is 0 Å². The third-order valence-electron chi connectivity index (χ3n) is 2.92. The molecule has 0 aromatic carbocycles. The van der Waals surface area contributed by atoms with E-state index in [0.29, 0.717) is 0 Å². The topological polar surface area (TPSA) is 30.7 Å². The Morgan fingerprint density at radius 1 is 1.19 bits per heavy atom. The van der Waals surface area contributed by atoms with E-state index in [-0.39, 0.29) is 0 Å². The molecule has 0 aliphatic rings. The third-order valence-corrected chi connectivity index (χ3v) is 3.90. The average molecular weight is 280 g/mol. The van der Waals surface area contributed by atoms with Crippen molar-refractivity contribution in [3.05, 3.63) is 39.3 Å². The van der Waals surface area contributed by atoms with Crippen LogP contribution in [0.4, 0.5) is 0 Å². The molecule has 2 aromatic heterocycles. The van der Waals surface area contributed by atoms with E-state index in [1.54, 1.807) is 6.20 Å². The SMILES string of the molecule is Cc1ccnc(-n2nc(C)c(C)c2C)c1Br. The largest absolute Gasteiger partial charge is 0.236 e. The minimum atomic E-state index is 0.855. The predicted octanol–water partition coefficient (Wildman–Crippen LogP) is 3.26. The summed E-state index contributed by atoms with van der Waals surface area (Å²) in [4.78, 5) is 4.38. The second kappa shape index (κ2) is 4.01. The molecule has 0 amide bonds. The number of rotatable bonds is 1. The summed E-state index contributed by atoms with van der Waals surface area (Å²) in [6.07, 6.45) is 1.81. The molecule has 0 N–H and O–H groups in total. The molecule has 0 spiro atoms. The molecule has 3 nitrogen and oxygen atoms in total. The first-order valence-electron chi connectivity index (χ1n) is 5.16. The maximum atomic E-state index is 4.51. The summed E-state index contributed by atoms with van der Waals surface area (Å²) in [6, 6.07) is 1.98. The Balaban J connectivity index is 2.68. The van der Waals surface area contributed by atoms with E-state index in [2.05, 4.69) is 39.9 Å². The van der Waals surface area contributed by atoms with Gasteiger partial charge in [-0.1, -0.05) is 0 Å². The molecule has 4 heteroatoms. The third kappa shape index (κ3) is 1.67. The van der Waals surface area contributed by atoms with Crippen LogP contribution in [0.15, 0.2) is 16.7 Å². The summed E-state index contributed by atoms with van der Waals surface area (Å²) >= 11 is 3.56. The van der Waals surface area contributed by atoms with Crippen molar-refractivity contribution in [2.75, 3.05) is 0 Å². The Kier molecular flexibility index (Phi) is 2.84. The molecule has 2 rings (SSSR count). The lowest BCUT2D eigenvalue weighted by Crippen LogP contribution is -2.03. The maximum Gasteiger partial charge on any atom is 0.168 e. The van der Waals surface area contributed by atoms with Crippen LogP contribution in [0.5, 0.6) is 0 Å². The molecule has 0 aliphatic heterocycles. The van der Waals surface area contributed by atoms with Gasteiger partial charge in [-0.25, -0.2) is 9.67 Å². The molecule has 0 unspecified atom stereocenters. The number of aromatic nitrogens is 3. The summed E-state index contributed by atoms with van der Waals surface area (Å²) in [7, 11) is 0. The highest BCUT2D eigenvalue weighted by Gasteiger charge is 2.13. The number of nitrogens with zero attached hydrogens (tertiary/aromatic N) is 3. The molecule has 0 bridgehead atoms. The summed E-state index contributed by atoms with van der Waals surface area (Å²) in [5.74, 6) is 0.855. The zero-order valence-electron chi connectivity index (χ0n) is 9.87. The van der Waals surface area contributed by atoms with Crippen LogP contribution in [-0.4, -0.2) is 14.8 Å². The second-order valence-electron chi connectivity index (χ2n) is 3.97. The number of aryl methyl sites for hydroxylation is 2. The van der Waals surface area contributed by atoms with Gasteiger partial charge < -0.3 is 0 Å². The number of hydrogen-bond acceptors (Lipinski definition) is 2. The molecule has 16 heavy (non-hydrogen) atoms. The fourth-order valence-corrected chi connectivity index (χ4v) is 2.00. The van der Waals surface area contributed by atoms with Gasteiger partial charge in [0.05, 0.1) is 10.2 Å². The van der Waals surface area contributed by atoms with Crippen molar-refractivity contribution in [1.82, 2.24) is 14.8 Å². The van der Waals surface area contributed by atoms with E-state index < -0.39 is 0 Å². The highest BCUT2D eigenvalue weighted by Crippen LogP contribution is 2.24. The van der Waals surface area contributed by atoms with Crippen molar-refractivity contribution in [3.8, 4) is 5.82 Å². The van der Waals surface area contributed by atoms with Crippen LogP contribution < -0.4 is 0 Å². The van der Waals surface area contributed by atoms with Crippen LogP contribution in [0.25, 0.3) is 5.82 Å². The highest BCUT2D eigenvalue weighted by atomic mass is 79.9. The normalized spacial score (nSPS) is 10.8. The smallest absolute Gasteiger partial charge is 0.168 e. The highest BCUT2D eigenvalue weighted by molar-refractivity contribution is 9.10. The zero-order valence-corrected chi connectivity index (χ0v) is 11.5. The quantitative estimate of drug-likeness (QED) is 0.802. The average Bonchev–Trinajstić information content (AvgIpc) is 2.50. The Morgan fingerprint density at radius 3 is 2.44 bits per heavy atom. The van der Waals surface area contributed by atoms with Crippen LogP contribution >= 0.6 is 15.9 Å². The van der Waals surface area contributed by atoms with Gasteiger partial charge >= 0.3 is 0 Å². The predicted molar refractivity (Wildman–Crippen MR) is 68.0 cm³/mol. The van der Waals surface area contributed by atoms with Gasteiger partial charge in [0, 0.05) is 11.9 Å². The van der Waals surface area contributed by atoms with E-state index in [1.807, 2.05) is 24.6 Å². The number of halogens is 1. The van der Waals surface area contributed by atoms with Gasteiger partial charge in [0.2, 0.25) is 0 Å². The van der Waals surface area contributed by atoms with Gasteiger partial charge in [-0.2, -0.15) is 5.10 Å². The monoisotopic (exact) mass is 279 g/mol. The van der Waals surface area contributed by atoms with Gasteiger partial charge in [-0.05, 0) is 60.8 Å². The molecule has 0 aliphatic carbocycles. The molecule has 2 aromatic rings. The van der Waals surface area contributed by atoms with E-state index >= 15 is 0 Å². The van der Waals surface area contributed by atoms with Gasteiger partial charge in [-0.15, -0.1) is 0 Å². The van der Waals surface area contributed by atoms with Crippen LogP contribution in [0.1, 0.15) is 22.5 Å². The van der Waals surface area contributed by atoms with Crippen LogP contribution in [0, 0.1) is 27.7 Å². The van der Waals surface area contributed by atoms with Crippen LogP contribution in [0.3, 0.4) is 0 Å². The minimum absolute atomic E-state index is 0.855. The maximum absolute atomic E-state index is 4.51. The lowest BCUT2D eigenvalue weighted by Gasteiger charge is -2.07. The lowest BCUT2D eigenvalue weighted by molar-refractivity contribution is 0.799. The number of hydrogen-bond donors (Lipinski definition) is 0. The van der Waals surface area contributed by atoms with Crippen LogP contribution in [-0.2, 0) is 0 Å². The van der Waals surface area contributed by atoms with E-state index in [1.165, 1.54) is 5.56 Å². The summed E-state index contributed by atoms with van der Waals surface area (Å²) in [6.45, 7) is 8.21. The lowest BCUT2D eigenvalue weighted by atomic mass is 10.2. The van der Waals surface area contributed by atoms with Crippen molar-refractivity contribution >= 4 is 15.9 Å². The molecular weight excluding hydrogens is 266 g/mol. The minimum Gasteiger partial charge on any atom is -0.236 e. The molecule has 2 heterocycles.